The number of nitrogens with one attached hydrogen (secondary N) is 2. The second-order valence-electron chi connectivity index (χ2n) is 3.35. The molecule has 0 radical (unpaired) electrons. The van der Waals surface area contributed by atoms with E-state index in [1.54, 1.807) is 6.07 Å². The summed E-state index contributed by atoms with van der Waals surface area (Å²) in [5.74, 6) is -0.316. The molecule has 1 aromatic rings. The molecule has 7 heteroatoms. The number of ether oxygens (including phenoxy) is 1. The Labute approximate surface area is 107 Å². The van der Waals surface area contributed by atoms with E-state index in [4.69, 9.17) is 27.9 Å². The van der Waals surface area contributed by atoms with Crippen LogP contribution in [0.15, 0.2) is 12.1 Å². The van der Waals surface area contributed by atoms with Gasteiger partial charge in [-0.15, -0.1) is 11.6 Å². The van der Waals surface area contributed by atoms with Crippen LogP contribution in [0, 0.1) is 0 Å². The fourth-order valence-corrected chi connectivity index (χ4v) is 1.66. The van der Waals surface area contributed by atoms with E-state index in [2.05, 4.69) is 10.6 Å². The zero-order chi connectivity index (χ0) is 12.4. The van der Waals surface area contributed by atoms with Crippen LogP contribution in [0.5, 0.6) is 5.75 Å². The first-order valence-electron chi connectivity index (χ1n) is 4.72. The van der Waals surface area contributed by atoms with Crippen molar-refractivity contribution in [3.8, 4) is 5.75 Å². The molecule has 2 N–H and O–H groups in total. The van der Waals surface area contributed by atoms with Crippen LogP contribution in [0.4, 0.5) is 11.4 Å². The molecule has 1 aliphatic heterocycles. The topological polar surface area (TPSA) is 67.4 Å². The summed E-state index contributed by atoms with van der Waals surface area (Å²) >= 11 is 11.3. The largest absolute Gasteiger partial charge is 0.482 e. The van der Waals surface area contributed by atoms with Gasteiger partial charge in [0, 0.05) is 6.07 Å². The highest BCUT2D eigenvalue weighted by molar-refractivity contribution is 6.35. The number of alkyl halides is 1. The fourth-order valence-electron chi connectivity index (χ4n) is 1.38. The second-order valence-corrected chi connectivity index (χ2v) is 4.02. The van der Waals surface area contributed by atoms with Gasteiger partial charge in [0.25, 0.3) is 5.91 Å². The molecule has 1 aliphatic rings. The lowest BCUT2D eigenvalue weighted by atomic mass is 10.2. The molecule has 17 heavy (non-hydrogen) atoms. The summed E-state index contributed by atoms with van der Waals surface area (Å²) in [6.07, 6.45) is 0. The summed E-state index contributed by atoms with van der Waals surface area (Å²) < 4.78 is 5.19. The third-order valence-corrected chi connectivity index (χ3v) is 2.65. The molecule has 0 saturated carbocycles. The molecule has 0 aliphatic carbocycles. The van der Waals surface area contributed by atoms with Crippen molar-refractivity contribution < 1.29 is 14.3 Å². The Morgan fingerprint density at radius 1 is 1.53 bits per heavy atom. The van der Waals surface area contributed by atoms with E-state index in [1.807, 2.05) is 0 Å². The molecule has 0 unspecified atom stereocenters. The van der Waals surface area contributed by atoms with Crippen molar-refractivity contribution in [3.63, 3.8) is 0 Å². The number of anilines is 2. The SMILES string of the molecule is O=C(CCl)Nc1cc2c(cc1Cl)NC(=O)CO2. The Morgan fingerprint density at radius 3 is 3.00 bits per heavy atom. The lowest BCUT2D eigenvalue weighted by molar-refractivity contribution is -0.118. The number of halogens is 2. The van der Waals surface area contributed by atoms with E-state index < -0.39 is 0 Å². The molecular formula is C10H8Cl2N2O3. The van der Waals surface area contributed by atoms with Crippen LogP contribution in [0.3, 0.4) is 0 Å². The molecule has 90 valence electrons. The van der Waals surface area contributed by atoms with Gasteiger partial charge in [-0.1, -0.05) is 11.6 Å². The number of benzene rings is 1. The molecule has 1 aromatic carbocycles. The van der Waals surface area contributed by atoms with E-state index in [9.17, 15) is 9.59 Å². The summed E-state index contributed by atoms with van der Waals surface area (Å²) in [4.78, 5) is 22.2. The van der Waals surface area contributed by atoms with Gasteiger partial charge in [0.1, 0.15) is 11.6 Å². The fraction of sp³-hybridized carbons (Fsp3) is 0.200. The van der Waals surface area contributed by atoms with Crippen LogP contribution in [-0.2, 0) is 9.59 Å². The van der Waals surface area contributed by atoms with Crippen molar-refractivity contribution in [1.82, 2.24) is 0 Å². The molecule has 2 amide bonds. The minimum Gasteiger partial charge on any atom is -0.482 e. The molecule has 0 saturated heterocycles. The summed E-state index contributed by atoms with van der Waals surface area (Å²) in [5, 5.41) is 5.43. The van der Waals surface area contributed by atoms with Crippen LogP contribution in [0.1, 0.15) is 0 Å². The average Bonchev–Trinajstić information content (AvgIpc) is 2.30. The Morgan fingerprint density at radius 2 is 2.29 bits per heavy atom. The first-order valence-corrected chi connectivity index (χ1v) is 5.63. The standard InChI is InChI=1S/C10H8Cl2N2O3/c11-3-9(15)13-6-2-8-7(1-5(6)12)14-10(16)4-17-8/h1-2H,3-4H2,(H,13,15)(H,14,16). The molecular weight excluding hydrogens is 267 g/mol. The Bertz CT molecular complexity index is 491. The Balaban J connectivity index is 2.31. The maximum atomic E-state index is 11.1. The minimum atomic E-state index is -0.367. The van der Waals surface area contributed by atoms with E-state index in [-0.39, 0.29) is 24.3 Å². The van der Waals surface area contributed by atoms with Crippen LogP contribution in [0.2, 0.25) is 5.02 Å². The lowest BCUT2D eigenvalue weighted by Gasteiger charge is -2.19. The molecule has 0 fully saturated rings. The number of rotatable bonds is 2. The number of carbonyl (C=O) groups is 2. The predicted octanol–water partition coefficient (Wildman–Crippen LogP) is 1.85. The summed E-state index contributed by atoms with van der Waals surface area (Å²) in [6, 6.07) is 3.05. The van der Waals surface area contributed by atoms with Crippen LogP contribution in [-0.4, -0.2) is 24.3 Å². The van der Waals surface area contributed by atoms with Crippen molar-refractivity contribution in [2.75, 3.05) is 23.1 Å². The van der Waals surface area contributed by atoms with Gasteiger partial charge in [-0.2, -0.15) is 0 Å². The summed E-state index contributed by atoms with van der Waals surface area (Å²) in [5.41, 5.74) is 0.877. The first-order chi connectivity index (χ1) is 8.10. The number of amides is 2. The van der Waals surface area contributed by atoms with Gasteiger partial charge in [0.15, 0.2) is 6.61 Å². The summed E-state index contributed by atoms with van der Waals surface area (Å²) in [6.45, 7) is -0.0580. The molecule has 0 atom stereocenters. The van der Waals surface area contributed by atoms with E-state index in [0.717, 1.165) is 0 Å². The number of fused-ring (bicyclic) bond motifs is 1. The van der Waals surface area contributed by atoms with Crippen molar-refractivity contribution >= 4 is 46.4 Å². The van der Waals surface area contributed by atoms with E-state index >= 15 is 0 Å². The normalized spacial score (nSPS) is 13.4. The molecule has 0 spiro atoms. The number of hydrogen-bond donors (Lipinski definition) is 2. The van der Waals surface area contributed by atoms with E-state index in [0.29, 0.717) is 22.1 Å². The van der Waals surface area contributed by atoms with Gasteiger partial charge >= 0.3 is 0 Å². The highest BCUT2D eigenvalue weighted by atomic mass is 35.5. The van der Waals surface area contributed by atoms with Crippen LogP contribution < -0.4 is 15.4 Å². The highest BCUT2D eigenvalue weighted by Crippen LogP contribution is 2.36. The molecule has 0 bridgehead atoms. The molecule has 5 nitrogen and oxygen atoms in total. The van der Waals surface area contributed by atoms with Gasteiger partial charge in [0.2, 0.25) is 5.91 Å². The van der Waals surface area contributed by atoms with Crippen molar-refractivity contribution in [1.29, 1.82) is 0 Å². The maximum absolute atomic E-state index is 11.1. The number of carbonyl (C=O) groups excluding carboxylic acids is 2. The van der Waals surface area contributed by atoms with Crippen molar-refractivity contribution in [2.24, 2.45) is 0 Å². The first kappa shape index (κ1) is 12.0. The molecule has 2 rings (SSSR count). The van der Waals surface area contributed by atoms with E-state index in [1.165, 1.54) is 6.07 Å². The van der Waals surface area contributed by atoms with Gasteiger partial charge < -0.3 is 15.4 Å². The highest BCUT2D eigenvalue weighted by Gasteiger charge is 2.18. The zero-order valence-electron chi connectivity index (χ0n) is 8.55. The van der Waals surface area contributed by atoms with Gasteiger partial charge in [0.05, 0.1) is 16.4 Å². The Kier molecular flexibility index (Phi) is 3.40. The van der Waals surface area contributed by atoms with Crippen molar-refractivity contribution in [2.45, 2.75) is 0 Å². The van der Waals surface area contributed by atoms with Crippen molar-refractivity contribution in [3.05, 3.63) is 17.2 Å². The third kappa shape index (κ3) is 2.62. The molecule has 1 heterocycles. The predicted molar refractivity (Wildman–Crippen MR) is 64.9 cm³/mol. The molecule has 0 aromatic heterocycles. The third-order valence-electron chi connectivity index (χ3n) is 2.10. The summed E-state index contributed by atoms with van der Waals surface area (Å²) in [7, 11) is 0. The number of hydrogen-bond acceptors (Lipinski definition) is 3. The van der Waals surface area contributed by atoms with Crippen LogP contribution >= 0.6 is 23.2 Å². The minimum absolute atomic E-state index is 0.0580. The van der Waals surface area contributed by atoms with Crippen LogP contribution in [0.25, 0.3) is 0 Å². The second kappa shape index (κ2) is 4.81. The van der Waals surface area contributed by atoms with Gasteiger partial charge in [-0.05, 0) is 6.07 Å². The monoisotopic (exact) mass is 274 g/mol. The quantitative estimate of drug-likeness (QED) is 0.809. The lowest BCUT2D eigenvalue weighted by Crippen LogP contribution is -2.25. The van der Waals surface area contributed by atoms with Gasteiger partial charge in [-0.25, -0.2) is 0 Å². The maximum Gasteiger partial charge on any atom is 0.262 e. The van der Waals surface area contributed by atoms with Gasteiger partial charge in [-0.3, -0.25) is 9.59 Å². The smallest absolute Gasteiger partial charge is 0.262 e. The average molecular weight is 275 g/mol. The Hall–Kier alpha value is -1.46. The zero-order valence-corrected chi connectivity index (χ0v) is 10.1.